The molecule has 0 spiro atoms. The average molecular weight is 273 g/mol. The van der Waals surface area contributed by atoms with Crippen LogP contribution in [-0.2, 0) is 23.6 Å². The molecule has 0 radical (unpaired) electrons. The molecule has 0 amide bonds. The molecule has 0 aliphatic carbocycles. The maximum Gasteiger partial charge on any atom is 0.319 e. The van der Waals surface area contributed by atoms with Gasteiger partial charge in [-0.15, -0.1) is 0 Å². The van der Waals surface area contributed by atoms with Crippen molar-refractivity contribution in [3.05, 3.63) is 0 Å². The topological polar surface area (TPSA) is 133 Å². The highest BCUT2D eigenvalue weighted by Crippen LogP contribution is 2.26. The van der Waals surface area contributed by atoms with Gasteiger partial charge in [-0.1, -0.05) is 0 Å². The lowest BCUT2D eigenvalue weighted by Crippen LogP contribution is -1.89. The molecule has 0 saturated carbocycles. The van der Waals surface area contributed by atoms with Crippen molar-refractivity contribution in [1.29, 1.82) is 0 Å². The van der Waals surface area contributed by atoms with Crippen molar-refractivity contribution in [3.63, 3.8) is 0 Å². The Morgan fingerprint density at radius 1 is 0.769 bits per heavy atom. The van der Waals surface area contributed by atoms with E-state index in [9.17, 15) is 0 Å². The van der Waals surface area contributed by atoms with Gasteiger partial charge in [0.25, 0.3) is 0 Å². The Balaban J connectivity index is -0.000000120. The van der Waals surface area contributed by atoms with Crippen LogP contribution in [0.25, 0.3) is 0 Å². The first-order valence-electron chi connectivity index (χ1n) is 2.57. The Morgan fingerprint density at radius 3 is 0.769 bits per heavy atom. The lowest BCUT2D eigenvalue weighted by molar-refractivity contribution is 0.361. The normalized spacial score (nSPS) is 10.5. The Bertz CT molecular complexity index is 151. The predicted octanol–water partition coefficient (Wildman–Crippen LogP) is -1.79. The van der Waals surface area contributed by atoms with Crippen LogP contribution >= 0.6 is 13.4 Å². The van der Waals surface area contributed by atoms with Gasteiger partial charge in [-0.2, -0.15) is 0 Å². The molecular formula is C2H13NO6P2S2. The standard InChI is InChI=1S/C2H7N.2H3O3PS/c1-3-2;2*1-4(2,3)5/h3H,1-2H3;2*(H3,1,2,3,5). The second kappa shape index (κ2) is 9.57. The van der Waals surface area contributed by atoms with Gasteiger partial charge in [0.05, 0.1) is 0 Å². The van der Waals surface area contributed by atoms with Crippen LogP contribution in [-0.4, -0.2) is 43.5 Å². The third-order valence-electron chi connectivity index (χ3n) is 0. The zero-order valence-corrected chi connectivity index (χ0v) is 10.3. The molecular weight excluding hydrogens is 260 g/mol. The van der Waals surface area contributed by atoms with Gasteiger partial charge in [-0.3, -0.25) is 0 Å². The van der Waals surface area contributed by atoms with E-state index in [-0.39, 0.29) is 0 Å². The number of hydrogen-bond donors (Lipinski definition) is 7. The Labute approximate surface area is 86.2 Å². The first-order valence-corrected chi connectivity index (χ1v) is 7.89. The summed E-state index contributed by atoms with van der Waals surface area (Å²) in [7, 11) is 3.75. The maximum absolute atomic E-state index is 7.56. The molecule has 13 heavy (non-hydrogen) atoms. The summed E-state index contributed by atoms with van der Waals surface area (Å²) in [6.45, 7) is -7.61. The largest absolute Gasteiger partial charge is 0.325 e. The van der Waals surface area contributed by atoms with Gasteiger partial charge in [0.2, 0.25) is 0 Å². The smallest absolute Gasteiger partial charge is 0.319 e. The zero-order chi connectivity index (χ0) is 11.7. The minimum atomic E-state index is -3.81. The van der Waals surface area contributed by atoms with Gasteiger partial charge >= 0.3 is 13.4 Å². The highest BCUT2D eigenvalue weighted by molar-refractivity contribution is 8.06. The Kier molecular flexibility index (Phi) is 14.4. The zero-order valence-electron chi connectivity index (χ0n) is 6.89. The average Bonchev–Trinajstić information content (AvgIpc) is 1.52. The summed E-state index contributed by atoms with van der Waals surface area (Å²) >= 11 is 7.21. The molecule has 0 aromatic rings. The van der Waals surface area contributed by atoms with E-state index in [1.54, 1.807) is 0 Å². The van der Waals surface area contributed by atoms with Gasteiger partial charge in [0.15, 0.2) is 0 Å². The van der Waals surface area contributed by atoms with Crippen LogP contribution in [0.4, 0.5) is 0 Å². The minimum Gasteiger partial charge on any atom is -0.325 e. The fraction of sp³-hybridized carbons (Fsp3) is 1.00. The van der Waals surface area contributed by atoms with Crippen LogP contribution in [0.1, 0.15) is 0 Å². The summed E-state index contributed by atoms with van der Waals surface area (Å²) in [5.41, 5.74) is 0. The molecule has 0 bridgehead atoms. The van der Waals surface area contributed by atoms with Gasteiger partial charge < -0.3 is 34.7 Å². The highest BCUT2D eigenvalue weighted by Gasteiger charge is 1.92. The van der Waals surface area contributed by atoms with Gasteiger partial charge in [-0.05, 0) is 37.7 Å². The fourth-order valence-electron chi connectivity index (χ4n) is 0. The van der Waals surface area contributed by atoms with E-state index in [2.05, 4.69) is 28.9 Å². The molecule has 0 aromatic carbocycles. The second-order valence-corrected chi connectivity index (χ2v) is 6.52. The van der Waals surface area contributed by atoms with Crippen LogP contribution < -0.4 is 5.32 Å². The molecule has 0 rings (SSSR count). The minimum absolute atomic E-state index is 1.88. The first-order chi connectivity index (χ1) is 5.41. The molecule has 0 unspecified atom stereocenters. The van der Waals surface area contributed by atoms with E-state index < -0.39 is 13.4 Å². The van der Waals surface area contributed by atoms with Gasteiger partial charge in [-0.25, -0.2) is 0 Å². The predicted molar refractivity (Wildman–Crippen MR) is 56.9 cm³/mol. The lowest BCUT2D eigenvalue weighted by atomic mass is 11.3. The first kappa shape index (κ1) is 19.6. The van der Waals surface area contributed by atoms with E-state index in [0.29, 0.717) is 0 Å². The number of rotatable bonds is 0. The van der Waals surface area contributed by atoms with Crippen LogP contribution in [0.3, 0.4) is 0 Å². The monoisotopic (exact) mass is 273 g/mol. The number of hydrogen-bond acceptors (Lipinski definition) is 3. The van der Waals surface area contributed by atoms with E-state index in [1.807, 2.05) is 14.1 Å². The molecule has 0 aliphatic heterocycles. The van der Waals surface area contributed by atoms with E-state index >= 15 is 0 Å². The van der Waals surface area contributed by atoms with Crippen LogP contribution in [0.15, 0.2) is 0 Å². The van der Waals surface area contributed by atoms with Crippen LogP contribution in [0, 0.1) is 0 Å². The second-order valence-electron chi connectivity index (χ2n) is 1.53. The summed E-state index contributed by atoms with van der Waals surface area (Å²) < 4.78 is 0. The molecule has 0 atom stereocenters. The third-order valence-corrected chi connectivity index (χ3v) is 0. The van der Waals surface area contributed by atoms with E-state index in [4.69, 9.17) is 29.4 Å². The summed E-state index contributed by atoms with van der Waals surface area (Å²) in [4.78, 5) is 45.3. The molecule has 84 valence electrons. The van der Waals surface area contributed by atoms with Crippen molar-refractivity contribution in [2.75, 3.05) is 14.1 Å². The summed E-state index contributed by atoms with van der Waals surface area (Å²) in [6, 6.07) is 0. The van der Waals surface area contributed by atoms with Crippen molar-refractivity contribution in [2.45, 2.75) is 0 Å². The van der Waals surface area contributed by atoms with Crippen molar-refractivity contribution < 1.29 is 29.4 Å². The summed E-state index contributed by atoms with van der Waals surface area (Å²) in [5, 5.41) is 2.75. The fourth-order valence-corrected chi connectivity index (χ4v) is 0. The molecule has 0 fully saturated rings. The van der Waals surface area contributed by atoms with Crippen molar-refractivity contribution in [2.24, 2.45) is 0 Å². The Morgan fingerprint density at radius 2 is 0.769 bits per heavy atom. The van der Waals surface area contributed by atoms with Crippen molar-refractivity contribution in [1.82, 2.24) is 5.32 Å². The highest BCUT2D eigenvalue weighted by atomic mass is 32.5. The summed E-state index contributed by atoms with van der Waals surface area (Å²) in [6.07, 6.45) is 0. The van der Waals surface area contributed by atoms with Crippen LogP contribution in [0.2, 0.25) is 0 Å². The quantitative estimate of drug-likeness (QED) is 0.255. The molecule has 0 heterocycles. The van der Waals surface area contributed by atoms with Crippen molar-refractivity contribution in [3.8, 4) is 0 Å². The molecule has 0 saturated heterocycles. The molecule has 0 aliphatic rings. The lowest BCUT2D eigenvalue weighted by Gasteiger charge is -1.88. The third kappa shape index (κ3) is 1520. The maximum atomic E-state index is 7.56. The van der Waals surface area contributed by atoms with Crippen LogP contribution in [0.5, 0.6) is 0 Å². The number of nitrogens with one attached hydrogen (secondary N) is 1. The SMILES string of the molecule is CNC.OP(O)(O)=S.OP(O)(O)=S. The molecule has 0 aromatic heterocycles. The van der Waals surface area contributed by atoms with Crippen molar-refractivity contribution >= 4 is 37.1 Å². The van der Waals surface area contributed by atoms with E-state index in [0.717, 1.165) is 0 Å². The van der Waals surface area contributed by atoms with E-state index in [1.165, 1.54) is 0 Å². The Hall–Kier alpha value is 1.02. The molecule has 11 heteroatoms. The molecule has 7 N–H and O–H groups in total. The van der Waals surface area contributed by atoms with Gasteiger partial charge in [0.1, 0.15) is 0 Å². The summed E-state index contributed by atoms with van der Waals surface area (Å²) in [5.74, 6) is 0. The molecule has 7 nitrogen and oxygen atoms in total. The van der Waals surface area contributed by atoms with Gasteiger partial charge in [0, 0.05) is 0 Å².